The van der Waals surface area contributed by atoms with E-state index in [-0.39, 0.29) is 23.9 Å². The standard InChI is InChI=1S/C22H32N4O2/c1-18(2)26-17-20(15-21(26)27)16-23-22(28)25-13-11-24(12-14-25)10-6-9-19-7-4-3-5-8-19/h3-9,18,20H,10-17H2,1-2H3,(H,23,28)/b9-6+. The summed E-state index contributed by atoms with van der Waals surface area (Å²) in [5.41, 5.74) is 1.21. The first-order chi connectivity index (χ1) is 13.5. The minimum Gasteiger partial charge on any atom is -0.340 e. The van der Waals surface area contributed by atoms with Crippen molar-refractivity contribution >= 4 is 18.0 Å². The zero-order valence-electron chi connectivity index (χ0n) is 17.0. The first-order valence-corrected chi connectivity index (χ1v) is 10.3. The summed E-state index contributed by atoms with van der Waals surface area (Å²) in [6.07, 6.45) is 4.87. The zero-order valence-corrected chi connectivity index (χ0v) is 17.0. The SMILES string of the molecule is CC(C)N1CC(CNC(=O)N2CCN(C/C=C/c3ccccc3)CC2)CC1=O. The molecule has 1 atom stereocenters. The third kappa shape index (κ3) is 5.58. The molecule has 0 saturated carbocycles. The fourth-order valence-corrected chi connectivity index (χ4v) is 3.82. The van der Waals surface area contributed by atoms with Crippen molar-refractivity contribution in [2.75, 3.05) is 45.8 Å². The number of urea groups is 1. The summed E-state index contributed by atoms with van der Waals surface area (Å²) >= 11 is 0. The van der Waals surface area contributed by atoms with Gasteiger partial charge in [0.1, 0.15) is 0 Å². The van der Waals surface area contributed by atoms with Gasteiger partial charge >= 0.3 is 6.03 Å². The molecule has 2 heterocycles. The monoisotopic (exact) mass is 384 g/mol. The van der Waals surface area contributed by atoms with Crippen molar-refractivity contribution in [3.8, 4) is 0 Å². The van der Waals surface area contributed by atoms with Gasteiger partial charge in [-0.3, -0.25) is 9.69 Å². The molecule has 1 N–H and O–H groups in total. The number of benzene rings is 1. The minimum atomic E-state index is -0.00470. The fourth-order valence-electron chi connectivity index (χ4n) is 3.82. The molecule has 0 aromatic heterocycles. The molecule has 2 aliphatic heterocycles. The van der Waals surface area contributed by atoms with Gasteiger partial charge < -0.3 is 15.1 Å². The van der Waals surface area contributed by atoms with Crippen LogP contribution in [0.15, 0.2) is 36.4 Å². The summed E-state index contributed by atoms with van der Waals surface area (Å²) in [6, 6.07) is 10.5. The van der Waals surface area contributed by atoms with Crippen LogP contribution in [-0.2, 0) is 4.79 Å². The van der Waals surface area contributed by atoms with Crippen LogP contribution in [0.4, 0.5) is 4.79 Å². The van der Waals surface area contributed by atoms with Gasteiger partial charge in [-0.05, 0) is 19.4 Å². The van der Waals surface area contributed by atoms with Crippen LogP contribution in [0.2, 0.25) is 0 Å². The average molecular weight is 385 g/mol. The van der Waals surface area contributed by atoms with E-state index in [0.29, 0.717) is 13.0 Å². The maximum absolute atomic E-state index is 12.4. The van der Waals surface area contributed by atoms with Gasteiger partial charge in [0, 0.05) is 64.2 Å². The van der Waals surface area contributed by atoms with E-state index in [9.17, 15) is 9.59 Å². The molecule has 28 heavy (non-hydrogen) atoms. The number of carbonyl (C=O) groups is 2. The summed E-state index contributed by atoms with van der Waals surface area (Å²) < 4.78 is 0. The van der Waals surface area contributed by atoms with Crippen molar-refractivity contribution in [2.45, 2.75) is 26.3 Å². The number of likely N-dealkylation sites (tertiary alicyclic amines) is 1. The molecule has 2 fully saturated rings. The highest BCUT2D eigenvalue weighted by molar-refractivity contribution is 5.79. The van der Waals surface area contributed by atoms with E-state index in [1.165, 1.54) is 5.56 Å². The zero-order chi connectivity index (χ0) is 19.9. The second kappa shape index (κ2) is 9.73. The largest absolute Gasteiger partial charge is 0.340 e. The Morgan fingerprint density at radius 3 is 2.54 bits per heavy atom. The molecule has 2 saturated heterocycles. The molecule has 152 valence electrons. The van der Waals surface area contributed by atoms with E-state index in [0.717, 1.165) is 39.3 Å². The Kier molecular flexibility index (Phi) is 7.09. The second-order valence-corrected chi connectivity index (χ2v) is 8.00. The van der Waals surface area contributed by atoms with E-state index < -0.39 is 0 Å². The third-order valence-electron chi connectivity index (χ3n) is 5.54. The molecule has 3 amide bonds. The van der Waals surface area contributed by atoms with E-state index >= 15 is 0 Å². The number of carbonyl (C=O) groups excluding carboxylic acids is 2. The molecule has 1 unspecified atom stereocenters. The summed E-state index contributed by atoms with van der Waals surface area (Å²) in [6.45, 7) is 9.55. The maximum atomic E-state index is 12.4. The number of piperazine rings is 1. The van der Waals surface area contributed by atoms with Gasteiger partial charge in [-0.2, -0.15) is 0 Å². The van der Waals surface area contributed by atoms with Crippen molar-refractivity contribution < 1.29 is 9.59 Å². The first-order valence-electron chi connectivity index (χ1n) is 10.3. The topological polar surface area (TPSA) is 55.9 Å². The molecule has 0 spiro atoms. The van der Waals surface area contributed by atoms with Gasteiger partial charge in [0.15, 0.2) is 0 Å². The summed E-state index contributed by atoms with van der Waals surface area (Å²) in [4.78, 5) is 30.6. The van der Waals surface area contributed by atoms with Crippen LogP contribution >= 0.6 is 0 Å². The predicted molar refractivity (Wildman–Crippen MR) is 112 cm³/mol. The Hall–Kier alpha value is -2.34. The Morgan fingerprint density at radius 1 is 1.18 bits per heavy atom. The Balaban J connectivity index is 1.35. The lowest BCUT2D eigenvalue weighted by molar-refractivity contribution is -0.129. The van der Waals surface area contributed by atoms with Gasteiger partial charge in [-0.1, -0.05) is 42.5 Å². The smallest absolute Gasteiger partial charge is 0.317 e. The van der Waals surface area contributed by atoms with Crippen molar-refractivity contribution in [3.05, 3.63) is 42.0 Å². The maximum Gasteiger partial charge on any atom is 0.317 e. The van der Waals surface area contributed by atoms with Crippen LogP contribution in [0, 0.1) is 5.92 Å². The Labute approximate surface area is 168 Å². The van der Waals surface area contributed by atoms with Crippen LogP contribution in [0.3, 0.4) is 0 Å². The highest BCUT2D eigenvalue weighted by Gasteiger charge is 2.31. The summed E-state index contributed by atoms with van der Waals surface area (Å²) in [5, 5.41) is 3.03. The highest BCUT2D eigenvalue weighted by Crippen LogP contribution is 2.19. The molecule has 1 aromatic rings. The molecule has 0 aliphatic carbocycles. The summed E-state index contributed by atoms with van der Waals surface area (Å²) in [5.74, 6) is 0.426. The van der Waals surface area contributed by atoms with Crippen LogP contribution in [0.25, 0.3) is 6.08 Å². The van der Waals surface area contributed by atoms with Crippen molar-refractivity contribution in [1.82, 2.24) is 20.0 Å². The minimum absolute atomic E-state index is 0.00470. The van der Waals surface area contributed by atoms with Gasteiger partial charge in [0.2, 0.25) is 5.91 Å². The van der Waals surface area contributed by atoms with Gasteiger partial charge in [-0.25, -0.2) is 4.79 Å². The summed E-state index contributed by atoms with van der Waals surface area (Å²) in [7, 11) is 0. The number of hydrogen-bond acceptors (Lipinski definition) is 3. The number of nitrogens with zero attached hydrogens (tertiary/aromatic N) is 3. The van der Waals surface area contributed by atoms with Crippen molar-refractivity contribution in [1.29, 1.82) is 0 Å². The Morgan fingerprint density at radius 2 is 1.89 bits per heavy atom. The molecule has 2 aliphatic rings. The van der Waals surface area contributed by atoms with E-state index in [2.05, 4.69) is 34.5 Å². The lowest BCUT2D eigenvalue weighted by Gasteiger charge is -2.34. The fraction of sp³-hybridized carbons (Fsp3) is 0.545. The average Bonchev–Trinajstić information content (AvgIpc) is 3.08. The van der Waals surface area contributed by atoms with Gasteiger partial charge in [-0.15, -0.1) is 0 Å². The number of amides is 3. The molecule has 6 heteroatoms. The number of rotatable bonds is 6. The third-order valence-corrected chi connectivity index (χ3v) is 5.54. The van der Waals surface area contributed by atoms with Crippen LogP contribution in [0.5, 0.6) is 0 Å². The quantitative estimate of drug-likeness (QED) is 0.819. The van der Waals surface area contributed by atoms with E-state index in [1.807, 2.05) is 41.8 Å². The normalized spacial score (nSPS) is 21.1. The van der Waals surface area contributed by atoms with Gasteiger partial charge in [0.05, 0.1) is 0 Å². The molecule has 6 nitrogen and oxygen atoms in total. The lowest BCUT2D eigenvalue weighted by Crippen LogP contribution is -2.52. The number of hydrogen-bond donors (Lipinski definition) is 1. The Bertz CT molecular complexity index is 681. The first kappa shape index (κ1) is 20.4. The lowest BCUT2D eigenvalue weighted by atomic mass is 10.1. The van der Waals surface area contributed by atoms with Crippen molar-refractivity contribution in [2.24, 2.45) is 5.92 Å². The molecule has 0 radical (unpaired) electrons. The molecule has 0 bridgehead atoms. The van der Waals surface area contributed by atoms with Gasteiger partial charge in [0.25, 0.3) is 0 Å². The van der Waals surface area contributed by atoms with E-state index in [4.69, 9.17) is 0 Å². The number of nitrogens with one attached hydrogen (secondary N) is 1. The van der Waals surface area contributed by atoms with Crippen LogP contribution < -0.4 is 5.32 Å². The van der Waals surface area contributed by atoms with Crippen LogP contribution in [-0.4, -0.2) is 78.5 Å². The second-order valence-electron chi connectivity index (χ2n) is 8.00. The van der Waals surface area contributed by atoms with E-state index in [1.54, 1.807) is 0 Å². The molecular weight excluding hydrogens is 352 g/mol. The molecular formula is C22H32N4O2. The highest BCUT2D eigenvalue weighted by atomic mass is 16.2. The van der Waals surface area contributed by atoms with Crippen LogP contribution in [0.1, 0.15) is 25.8 Å². The predicted octanol–water partition coefficient (Wildman–Crippen LogP) is 2.28. The van der Waals surface area contributed by atoms with Crippen molar-refractivity contribution in [3.63, 3.8) is 0 Å². The molecule has 1 aromatic carbocycles. The molecule has 3 rings (SSSR count).